The smallest absolute Gasteiger partial charge is 0.244 e. The van der Waals surface area contributed by atoms with Crippen LogP contribution in [0.1, 0.15) is 12.5 Å². The molecule has 0 spiro atoms. The molecule has 0 radical (unpaired) electrons. The van der Waals surface area contributed by atoms with E-state index < -0.39 is 0 Å². The van der Waals surface area contributed by atoms with Gasteiger partial charge >= 0.3 is 0 Å². The van der Waals surface area contributed by atoms with Crippen molar-refractivity contribution in [3.05, 3.63) is 17.0 Å². The summed E-state index contributed by atoms with van der Waals surface area (Å²) in [5.74, 6) is 0.631. The molecule has 104 valence electrons. The number of hydrogen-bond acceptors (Lipinski definition) is 5. The van der Waals surface area contributed by atoms with Gasteiger partial charge < -0.3 is 15.0 Å². The maximum Gasteiger partial charge on any atom is 0.244 e. The Morgan fingerprint density at radius 1 is 1.53 bits per heavy atom. The number of halogens is 1. The highest BCUT2D eigenvalue weighted by Crippen LogP contribution is 2.14. The molecule has 0 aliphatic carbocycles. The third-order valence-electron chi connectivity index (χ3n) is 2.99. The highest BCUT2D eigenvalue weighted by molar-refractivity contribution is 6.28. The van der Waals surface area contributed by atoms with E-state index in [-0.39, 0.29) is 17.2 Å². The van der Waals surface area contributed by atoms with Crippen molar-refractivity contribution in [2.45, 2.75) is 19.9 Å². The lowest BCUT2D eigenvalue weighted by Gasteiger charge is -2.29. The Labute approximate surface area is 117 Å². The van der Waals surface area contributed by atoms with Gasteiger partial charge in [0.1, 0.15) is 11.9 Å². The molecule has 0 bridgehead atoms. The highest BCUT2D eigenvalue weighted by Gasteiger charge is 2.23. The van der Waals surface area contributed by atoms with E-state index in [0.717, 1.165) is 5.56 Å². The van der Waals surface area contributed by atoms with Crippen LogP contribution in [0.3, 0.4) is 0 Å². The lowest BCUT2D eigenvalue weighted by atomic mass is 10.2. The van der Waals surface area contributed by atoms with Crippen LogP contribution in [0.4, 0.5) is 5.82 Å². The van der Waals surface area contributed by atoms with Crippen molar-refractivity contribution < 1.29 is 9.53 Å². The Kier molecular flexibility index (Phi) is 4.55. The molecule has 1 aromatic heterocycles. The van der Waals surface area contributed by atoms with Crippen LogP contribution in [0, 0.1) is 6.92 Å². The molecule has 1 aliphatic rings. The van der Waals surface area contributed by atoms with E-state index >= 15 is 0 Å². The van der Waals surface area contributed by atoms with Gasteiger partial charge in [-0.2, -0.15) is 0 Å². The number of aryl methyl sites for hydroxylation is 1. The molecule has 1 fully saturated rings. The molecule has 19 heavy (non-hydrogen) atoms. The van der Waals surface area contributed by atoms with Crippen molar-refractivity contribution in [3.8, 4) is 0 Å². The van der Waals surface area contributed by atoms with Gasteiger partial charge in [-0.05, 0) is 25.4 Å². The van der Waals surface area contributed by atoms with Crippen molar-refractivity contribution in [1.29, 1.82) is 0 Å². The second-order valence-electron chi connectivity index (χ2n) is 4.47. The minimum absolute atomic E-state index is 0.0393. The lowest BCUT2D eigenvalue weighted by Crippen LogP contribution is -2.47. The van der Waals surface area contributed by atoms with Crippen LogP contribution < -0.4 is 5.32 Å². The number of nitrogens with zero attached hydrogens (tertiary/aromatic N) is 3. The fourth-order valence-electron chi connectivity index (χ4n) is 1.89. The summed E-state index contributed by atoms with van der Waals surface area (Å²) in [7, 11) is 0. The van der Waals surface area contributed by atoms with Crippen LogP contribution in [0.25, 0.3) is 0 Å². The topological polar surface area (TPSA) is 67.4 Å². The Balaban J connectivity index is 2.01. The molecule has 7 heteroatoms. The standard InChI is InChI=1S/C12H17ClN4O2/c1-8-7-14-12(13)16-10(8)15-9(2)11(18)17-3-5-19-6-4-17/h7,9H,3-6H2,1-2H3,(H,14,15,16). The largest absolute Gasteiger partial charge is 0.378 e. The van der Waals surface area contributed by atoms with Gasteiger partial charge in [-0.25, -0.2) is 9.97 Å². The zero-order chi connectivity index (χ0) is 13.8. The molecule has 1 saturated heterocycles. The molecule has 2 rings (SSSR count). The maximum absolute atomic E-state index is 12.2. The zero-order valence-corrected chi connectivity index (χ0v) is 11.8. The van der Waals surface area contributed by atoms with E-state index in [1.54, 1.807) is 11.1 Å². The van der Waals surface area contributed by atoms with E-state index in [4.69, 9.17) is 16.3 Å². The summed E-state index contributed by atoms with van der Waals surface area (Å²) in [4.78, 5) is 22.0. The number of aromatic nitrogens is 2. The average molecular weight is 285 g/mol. The number of anilines is 1. The number of amides is 1. The molecule has 0 saturated carbocycles. The number of carbonyl (C=O) groups is 1. The fraction of sp³-hybridized carbons (Fsp3) is 0.583. The van der Waals surface area contributed by atoms with Crippen LogP contribution >= 0.6 is 11.6 Å². The number of rotatable bonds is 3. The minimum atomic E-state index is -0.359. The number of hydrogen-bond donors (Lipinski definition) is 1. The zero-order valence-electron chi connectivity index (χ0n) is 11.0. The van der Waals surface area contributed by atoms with Gasteiger partial charge in [0.05, 0.1) is 13.2 Å². The van der Waals surface area contributed by atoms with Crippen LogP contribution in [0.5, 0.6) is 0 Å². The van der Waals surface area contributed by atoms with Gasteiger partial charge in [0.15, 0.2) is 0 Å². The fourth-order valence-corrected chi connectivity index (χ4v) is 2.02. The first-order valence-electron chi connectivity index (χ1n) is 6.20. The Bertz CT molecular complexity index is 463. The van der Waals surface area contributed by atoms with Crippen LogP contribution in [0.2, 0.25) is 5.28 Å². The average Bonchev–Trinajstić information content (AvgIpc) is 2.43. The summed E-state index contributed by atoms with van der Waals surface area (Å²) in [5.41, 5.74) is 0.853. The number of carbonyl (C=O) groups excluding carboxylic acids is 1. The van der Waals surface area contributed by atoms with Crippen molar-refractivity contribution >= 4 is 23.3 Å². The molecule has 1 atom stereocenters. The highest BCUT2D eigenvalue weighted by atomic mass is 35.5. The molecule has 2 heterocycles. The van der Waals surface area contributed by atoms with E-state index in [9.17, 15) is 4.79 Å². The van der Waals surface area contributed by atoms with Crippen molar-refractivity contribution in [3.63, 3.8) is 0 Å². The molecular formula is C12H17ClN4O2. The van der Waals surface area contributed by atoms with Crippen molar-refractivity contribution in [1.82, 2.24) is 14.9 Å². The molecule has 6 nitrogen and oxygen atoms in total. The molecule has 1 unspecified atom stereocenters. The normalized spacial score (nSPS) is 17.1. The summed E-state index contributed by atoms with van der Waals surface area (Å²) in [6, 6.07) is -0.359. The molecule has 0 aromatic carbocycles. The third kappa shape index (κ3) is 3.54. The first-order valence-corrected chi connectivity index (χ1v) is 6.58. The third-order valence-corrected chi connectivity index (χ3v) is 3.17. The van der Waals surface area contributed by atoms with Gasteiger partial charge in [-0.15, -0.1) is 0 Å². The van der Waals surface area contributed by atoms with Gasteiger partial charge in [0.2, 0.25) is 11.2 Å². The predicted molar refractivity (Wildman–Crippen MR) is 72.3 cm³/mol. The summed E-state index contributed by atoms with van der Waals surface area (Å²) in [5, 5.41) is 3.25. The number of nitrogens with one attached hydrogen (secondary N) is 1. The van der Waals surface area contributed by atoms with Gasteiger partial charge in [-0.1, -0.05) is 0 Å². The first kappa shape index (κ1) is 14.0. The number of morpholine rings is 1. The second-order valence-corrected chi connectivity index (χ2v) is 4.81. The molecule has 1 amide bonds. The summed E-state index contributed by atoms with van der Waals surface area (Å²) >= 11 is 5.75. The van der Waals surface area contributed by atoms with Crippen LogP contribution in [0.15, 0.2) is 6.20 Å². The van der Waals surface area contributed by atoms with Crippen molar-refractivity contribution in [2.75, 3.05) is 31.6 Å². The van der Waals surface area contributed by atoms with Crippen molar-refractivity contribution in [2.24, 2.45) is 0 Å². The maximum atomic E-state index is 12.2. The van der Waals surface area contributed by atoms with E-state index in [2.05, 4.69) is 15.3 Å². The molecular weight excluding hydrogens is 268 g/mol. The molecule has 1 aromatic rings. The first-order chi connectivity index (χ1) is 9.08. The predicted octanol–water partition coefficient (Wildman–Crippen LogP) is 1.10. The van der Waals surface area contributed by atoms with Gasteiger partial charge in [-0.3, -0.25) is 4.79 Å². The monoisotopic (exact) mass is 284 g/mol. The Morgan fingerprint density at radius 3 is 2.89 bits per heavy atom. The van der Waals surface area contributed by atoms with E-state index in [1.807, 2.05) is 13.8 Å². The Morgan fingerprint density at radius 2 is 2.21 bits per heavy atom. The number of ether oxygens (including phenoxy) is 1. The molecule has 1 N–H and O–H groups in total. The molecule has 1 aliphatic heterocycles. The van der Waals surface area contributed by atoms with E-state index in [1.165, 1.54) is 0 Å². The summed E-state index contributed by atoms with van der Waals surface area (Å²) in [6.45, 7) is 6.13. The Hall–Kier alpha value is -1.40. The second kappa shape index (κ2) is 6.16. The van der Waals surface area contributed by atoms with Crippen LogP contribution in [-0.2, 0) is 9.53 Å². The van der Waals surface area contributed by atoms with Gasteiger partial charge in [0.25, 0.3) is 0 Å². The quantitative estimate of drug-likeness (QED) is 0.842. The summed E-state index contributed by atoms with van der Waals surface area (Å²) in [6.07, 6.45) is 1.63. The SMILES string of the molecule is Cc1cnc(Cl)nc1NC(C)C(=O)N1CCOCC1. The minimum Gasteiger partial charge on any atom is -0.378 e. The van der Waals surface area contributed by atoms with E-state index in [0.29, 0.717) is 32.1 Å². The van der Waals surface area contributed by atoms with Crippen LogP contribution in [-0.4, -0.2) is 53.1 Å². The lowest BCUT2D eigenvalue weighted by molar-refractivity contribution is -0.135. The summed E-state index contributed by atoms with van der Waals surface area (Å²) < 4.78 is 5.23. The van der Waals surface area contributed by atoms with Gasteiger partial charge in [0, 0.05) is 24.8 Å².